The molecule has 0 unspecified atom stereocenters. The van der Waals surface area contributed by atoms with Crippen LogP contribution in [0.2, 0.25) is 0 Å². The Balaban J connectivity index is 1.54. The van der Waals surface area contributed by atoms with Gasteiger partial charge in [0.25, 0.3) is 17.1 Å². The smallest absolute Gasteiger partial charge is 0.337 e. The zero-order chi connectivity index (χ0) is 23.5. The lowest BCUT2D eigenvalue weighted by atomic mass is 10.1. The van der Waals surface area contributed by atoms with E-state index < -0.39 is 17.1 Å². The predicted molar refractivity (Wildman–Crippen MR) is 123 cm³/mol. The summed E-state index contributed by atoms with van der Waals surface area (Å²) in [7, 11) is 1.41. The maximum atomic E-state index is 12.9. The van der Waals surface area contributed by atoms with Gasteiger partial charge in [-0.05, 0) is 54.6 Å². The molecule has 1 N–H and O–H groups in total. The number of carbonyl (C=O) groups excluding carboxylic acids is 4. The van der Waals surface area contributed by atoms with Crippen molar-refractivity contribution in [1.82, 2.24) is 5.32 Å². The largest absolute Gasteiger partial charge is 0.493 e. The molecular weight excluding hydrogens is 446 g/mol. The quantitative estimate of drug-likeness (QED) is 0.411. The summed E-state index contributed by atoms with van der Waals surface area (Å²) < 4.78 is 10.6. The van der Waals surface area contributed by atoms with Crippen LogP contribution in [-0.2, 0) is 14.4 Å². The van der Waals surface area contributed by atoms with Gasteiger partial charge in [0.15, 0.2) is 11.5 Å². The first kappa shape index (κ1) is 22.0. The molecule has 10 heteroatoms. The fourth-order valence-electron chi connectivity index (χ4n) is 3.12. The summed E-state index contributed by atoms with van der Waals surface area (Å²) in [5.74, 6) is -1.39. The number of nitrogens with one attached hydrogen (secondary N) is 1. The summed E-state index contributed by atoms with van der Waals surface area (Å²) >= 11 is 0.616. The molecule has 0 atom stereocenters. The van der Waals surface area contributed by atoms with Gasteiger partial charge in [-0.15, -0.1) is 0 Å². The lowest BCUT2D eigenvalue weighted by Gasteiger charge is -2.11. The van der Waals surface area contributed by atoms with Gasteiger partial charge in [-0.1, -0.05) is 24.3 Å². The maximum Gasteiger partial charge on any atom is 0.337 e. The van der Waals surface area contributed by atoms with Crippen LogP contribution >= 0.6 is 11.8 Å². The first-order valence-corrected chi connectivity index (χ1v) is 10.5. The highest BCUT2D eigenvalue weighted by Crippen LogP contribution is 2.31. The number of anilines is 1. The summed E-state index contributed by atoms with van der Waals surface area (Å²) in [4.78, 5) is 47.8. The van der Waals surface area contributed by atoms with Gasteiger partial charge in [0.05, 0.1) is 29.0 Å². The summed E-state index contributed by atoms with van der Waals surface area (Å²) in [6.07, 6.45) is 2.61. The van der Waals surface area contributed by atoms with Gasteiger partial charge in [0.2, 0.25) is 0 Å². The van der Waals surface area contributed by atoms with E-state index in [1.807, 2.05) is 18.2 Å². The lowest BCUT2D eigenvalue weighted by molar-refractivity contribution is -0.129. The van der Waals surface area contributed by atoms with Crippen LogP contribution in [0.3, 0.4) is 0 Å². The fraction of sp³-hybridized carbons (Fsp3) is 0.0870. The fourth-order valence-corrected chi connectivity index (χ4v) is 3.76. The zero-order valence-corrected chi connectivity index (χ0v) is 18.3. The number of thioether (sulfide) groups is 1. The van der Waals surface area contributed by atoms with Crippen LogP contribution in [0.1, 0.15) is 12.5 Å². The summed E-state index contributed by atoms with van der Waals surface area (Å²) in [6.45, 7) is 1.75. The average molecular weight is 463 g/mol. The number of benzene rings is 2. The number of hydrazone groups is 1. The Morgan fingerprint density at radius 3 is 2.52 bits per heavy atom. The van der Waals surface area contributed by atoms with Gasteiger partial charge in [-0.25, -0.2) is 4.79 Å². The molecule has 2 aromatic rings. The standard InChI is InChI=1S/C23H17N3O6S/c1-13-16(22(29)26(25-13)15-6-4-3-5-7-15)10-14-8-9-17(18(11-14)31-2)32-20(27)12-19-21(28)24-23(30)33-19/h3-12H,1-2H3,(H,24,28,30). The summed E-state index contributed by atoms with van der Waals surface area (Å²) in [5.41, 5.74) is 2.28. The third-order valence-electron chi connectivity index (χ3n) is 4.66. The third-order valence-corrected chi connectivity index (χ3v) is 5.47. The number of hydrogen-bond acceptors (Lipinski definition) is 8. The molecule has 1 fully saturated rings. The molecule has 2 heterocycles. The second-order valence-electron chi connectivity index (χ2n) is 6.88. The van der Waals surface area contributed by atoms with Crippen molar-refractivity contribution in [3.05, 3.63) is 70.6 Å². The SMILES string of the molecule is COc1cc(C=C2C(=O)N(c3ccccc3)N=C2C)ccc1OC(=O)C=C1SC(=O)NC1=O. The number of amides is 3. The van der Waals surface area contributed by atoms with Crippen molar-refractivity contribution in [3.63, 3.8) is 0 Å². The van der Waals surface area contributed by atoms with E-state index in [0.717, 1.165) is 6.08 Å². The number of carbonyl (C=O) groups is 4. The second kappa shape index (κ2) is 9.13. The Hall–Kier alpha value is -4.18. The van der Waals surface area contributed by atoms with Gasteiger partial charge in [0.1, 0.15) is 0 Å². The molecule has 2 aliphatic rings. The van der Waals surface area contributed by atoms with Gasteiger partial charge in [-0.2, -0.15) is 10.1 Å². The first-order valence-electron chi connectivity index (χ1n) is 9.67. The van der Waals surface area contributed by atoms with Crippen molar-refractivity contribution in [2.24, 2.45) is 5.10 Å². The van der Waals surface area contributed by atoms with Crippen LogP contribution in [0.25, 0.3) is 6.08 Å². The van der Waals surface area contributed by atoms with E-state index in [1.54, 1.807) is 37.3 Å². The Bertz CT molecular complexity index is 1270. The van der Waals surface area contributed by atoms with Crippen LogP contribution < -0.4 is 19.8 Å². The number of ether oxygens (including phenoxy) is 2. The molecule has 4 rings (SSSR count). The van der Waals surface area contributed by atoms with Gasteiger partial charge in [-0.3, -0.25) is 19.7 Å². The minimum atomic E-state index is -0.834. The molecule has 1 saturated heterocycles. The molecule has 0 aromatic heterocycles. The highest BCUT2D eigenvalue weighted by molar-refractivity contribution is 8.18. The third kappa shape index (κ3) is 4.70. The van der Waals surface area contributed by atoms with Crippen LogP contribution in [0.4, 0.5) is 10.5 Å². The van der Waals surface area contributed by atoms with E-state index in [9.17, 15) is 19.2 Å². The number of esters is 1. The molecule has 166 valence electrons. The van der Waals surface area contributed by atoms with Crippen LogP contribution in [-0.4, -0.2) is 35.8 Å². The second-order valence-corrected chi connectivity index (χ2v) is 7.89. The van der Waals surface area contributed by atoms with Crippen molar-refractivity contribution in [3.8, 4) is 11.5 Å². The Labute approximate surface area is 192 Å². The molecule has 9 nitrogen and oxygen atoms in total. The van der Waals surface area contributed by atoms with Gasteiger partial charge in [0, 0.05) is 6.08 Å². The minimum Gasteiger partial charge on any atom is -0.493 e. The maximum absolute atomic E-state index is 12.9. The van der Waals surface area contributed by atoms with Crippen molar-refractivity contribution < 1.29 is 28.7 Å². The van der Waals surface area contributed by atoms with E-state index >= 15 is 0 Å². The van der Waals surface area contributed by atoms with Gasteiger partial charge >= 0.3 is 5.97 Å². The van der Waals surface area contributed by atoms with Crippen LogP contribution in [0.5, 0.6) is 11.5 Å². The number of para-hydroxylation sites is 1. The Morgan fingerprint density at radius 1 is 1.09 bits per heavy atom. The number of rotatable bonds is 5. The molecule has 2 aromatic carbocycles. The Morgan fingerprint density at radius 2 is 1.85 bits per heavy atom. The predicted octanol–water partition coefficient (Wildman–Crippen LogP) is 3.27. The van der Waals surface area contributed by atoms with Crippen LogP contribution in [0, 0.1) is 0 Å². The first-order chi connectivity index (χ1) is 15.9. The summed E-state index contributed by atoms with van der Waals surface area (Å²) in [6, 6.07) is 13.9. The summed E-state index contributed by atoms with van der Waals surface area (Å²) in [5, 5.41) is 7.18. The van der Waals surface area contributed by atoms with E-state index in [2.05, 4.69) is 10.4 Å². The number of hydrogen-bond donors (Lipinski definition) is 1. The van der Waals surface area contributed by atoms with E-state index in [-0.39, 0.29) is 22.3 Å². The topological polar surface area (TPSA) is 114 Å². The molecule has 0 radical (unpaired) electrons. The zero-order valence-electron chi connectivity index (χ0n) is 17.5. The molecule has 2 aliphatic heterocycles. The number of methoxy groups -OCH3 is 1. The monoisotopic (exact) mass is 463 g/mol. The number of imide groups is 1. The molecule has 3 amide bonds. The lowest BCUT2D eigenvalue weighted by Crippen LogP contribution is -2.21. The van der Waals surface area contributed by atoms with Gasteiger partial charge < -0.3 is 9.47 Å². The van der Waals surface area contributed by atoms with E-state index in [4.69, 9.17) is 9.47 Å². The van der Waals surface area contributed by atoms with Crippen molar-refractivity contribution in [2.45, 2.75) is 6.92 Å². The highest BCUT2D eigenvalue weighted by Gasteiger charge is 2.29. The molecule has 33 heavy (non-hydrogen) atoms. The van der Waals surface area contributed by atoms with Crippen LogP contribution in [0.15, 0.2) is 70.2 Å². The van der Waals surface area contributed by atoms with Crippen molar-refractivity contribution >= 4 is 52.3 Å². The molecule has 0 bridgehead atoms. The van der Waals surface area contributed by atoms with Crippen molar-refractivity contribution in [1.29, 1.82) is 0 Å². The van der Waals surface area contributed by atoms with E-state index in [0.29, 0.717) is 34.3 Å². The Kier molecular flexibility index (Phi) is 6.09. The molecule has 0 saturated carbocycles. The molecular formula is C23H17N3O6S. The molecule has 0 aliphatic carbocycles. The highest BCUT2D eigenvalue weighted by atomic mass is 32.2. The van der Waals surface area contributed by atoms with E-state index in [1.165, 1.54) is 18.2 Å². The minimum absolute atomic E-state index is 0.0530. The molecule has 0 spiro atoms. The number of nitrogens with zero attached hydrogens (tertiary/aromatic N) is 2. The normalized spacial score (nSPS) is 18.1. The van der Waals surface area contributed by atoms with Crippen molar-refractivity contribution in [2.75, 3.05) is 12.1 Å². The average Bonchev–Trinajstić information content (AvgIpc) is 3.26.